The van der Waals surface area contributed by atoms with Crippen LogP contribution in [0.4, 0.5) is 4.79 Å². The van der Waals surface area contributed by atoms with Crippen LogP contribution in [0.1, 0.15) is 59.3 Å². The number of ether oxygens (including phenoxy) is 1. The number of hydrogen-bond acceptors (Lipinski definition) is 3. The normalized spacial score (nSPS) is 19.4. The molecule has 1 amide bonds. The number of rotatable bonds is 3. The van der Waals surface area contributed by atoms with Gasteiger partial charge in [0.05, 0.1) is 5.88 Å². The van der Waals surface area contributed by atoms with Gasteiger partial charge in [-0.2, -0.15) is 0 Å². The molecule has 19 heavy (non-hydrogen) atoms. The molecule has 0 saturated heterocycles. The monoisotopic (exact) mass is 289 g/mol. The van der Waals surface area contributed by atoms with E-state index in [9.17, 15) is 9.59 Å². The standard InChI is InChI=1S/C14H24ClNO3/c1-13(2,3)19-12(18)16-14(11(17)10-15)8-6-4-5-7-9-14/h4-10H2,1-3H3,(H,16,18). The van der Waals surface area contributed by atoms with Crippen LogP contribution >= 0.6 is 11.6 Å². The molecule has 0 unspecified atom stereocenters. The number of nitrogens with one attached hydrogen (secondary N) is 1. The van der Waals surface area contributed by atoms with Gasteiger partial charge < -0.3 is 10.1 Å². The molecule has 0 aromatic carbocycles. The molecule has 110 valence electrons. The van der Waals surface area contributed by atoms with Gasteiger partial charge in [0.2, 0.25) is 0 Å². The Morgan fingerprint density at radius 1 is 1.16 bits per heavy atom. The predicted molar refractivity (Wildman–Crippen MR) is 75.5 cm³/mol. The third kappa shape index (κ3) is 5.01. The second kappa shape index (κ2) is 6.60. The van der Waals surface area contributed by atoms with E-state index in [1.807, 2.05) is 0 Å². The van der Waals surface area contributed by atoms with Crippen molar-refractivity contribution in [2.45, 2.75) is 70.4 Å². The highest BCUT2D eigenvalue weighted by Gasteiger charge is 2.40. The van der Waals surface area contributed by atoms with Crippen LogP contribution < -0.4 is 5.32 Å². The van der Waals surface area contributed by atoms with Gasteiger partial charge in [-0.05, 0) is 33.6 Å². The molecular weight excluding hydrogens is 266 g/mol. The van der Waals surface area contributed by atoms with Gasteiger partial charge in [0.15, 0.2) is 5.78 Å². The summed E-state index contributed by atoms with van der Waals surface area (Å²) in [6.45, 7) is 5.40. The first kappa shape index (κ1) is 16.3. The Morgan fingerprint density at radius 3 is 2.11 bits per heavy atom. The Balaban J connectivity index is 2.79. The van der Waals surface area contributed by atoms with E-state index in [4.69, 9.17) is 16.3 Å². The van der Waals surface area contributed by atoms with Gasteiger partial charge in [-0.15, -0.1) is 11.6 Å². The highest BCUT2D eigenvalue weighted by molar-refractivity contribution is 6.29. The largest absolute Gasteiger partial charge is 0.444 e. The summed E-state index contributed by atoms with van der Waals surface area (Å²) >= 11 is 5.70. The smallest absolute Gasteiger partial charge is 0.408 e. The molecule has 5 heteroatoms. The average molecular weight is 290 g/mol. The molecule has 0 radical (unpaired) electrons. The molecule has 0 spiro atoms. The van der Waals surface area contributed by atoms with E-state index in [1.54, 1.807) is 20.8 Å². The first-order valence-corrected chi connectivity index (χ1v) is 7.43. The van der Waals surface area contributed by atoms with Crippen LogP contribution in [-0.2, 0) is 9.53 Å². The molecule has 1 aliphatic rings. The van der Waals surface area contributed by atoms with E-state index in [2.05, 4.69) is 5.32 Å². The van der Waals surface area contributed by atoms with Crippen LogP contribution in [0, 0.1) is 0 Å². The molecule has 1 fully saturated rings. The van der Waals surface area contributed by atoms with E-state index in [-0.39, 0.29) is 11.7 Å². The molecule has 0 bridgehead atoms. The van der Waals surface area contributed by atoms with Crippen molar-refractivity contribution in [2.24, 2.45) is 0 Å². The maximum atomic E-state index is 12.1. The fourth-order valence-corrected chi connectivity index (χ4v) is 2.69. The zero-order chi connectivity index (χ0) is 14.5. The van der Waals surface area contributed by atoms with E-state index in [1.165, 1.54) is 0 Å². The molecule has 1 aliphatic carbocycles. The van der Waals surface area contributed by atoms with Crippen LogP contribution in [0.5, 0.6) is 0 Å². The highest BCUT2D eigenvalue weighted by Crippen LogP contribution is 2.29. The summed E-state index contributed by atoms with van der Waals surface area (Å²) in [5, 5.41) is 2.78. The molecule has 1 saturated carbocycles. The minimum atomic E-state index is -0.833. The van der Waals surface area contributed by atoms with E-state index in [0.29, 0.717) is 12.8 Å². The van der Waals surface area contributed by atoms with Crippen molar-refractivity contribution in [1.29, 1.82) is 0 Å². The topological polar surface area (TPSA) is 55.4 Å². The Hall–Kier alpha value is -0.770. The van der Waals surface area contributed by atoms with Crippen LogP contribution in [0.15, 0.2) is 0 Å². The zero-order valence-electron chi connectivity index (χ0n) is 12.1. The molecule has 1 N–H and O–H groups in total. The minimum Gasteiger partial charge on any atom is -0.444 e. The van der Waals surface area contributed by atoms with Crippen molar-refractivity contribution in [3.63, 3.8) is 0 Å². The molecule has 0 heterocycles. The Bertz CT molecular complexity index is 328. The van der Waals surface area contributed by atoms with Gasteiger partial charge in [0.1, 0.15) is 11.1 Å². The number of hydrogen-bond donors (Lipinski definition) is 1. The predicted octanol–water partition coefficient (Wildman–Crippen LogP) is 3.41. The Labute approximate surface area is 120 Å². The lowest BCUT2D eigenvalue weighted by atomic mass is 9.86. The second-order valence-electron chi connectivity index (χ2n) is 6.18. The molecule has 4 nitrogen and oxygen atoms in total. The summed E-state index contributed by atoms with van der Waals surface area (Å²) in [5.41, 5.74) is -1.40. The van der Waals surface area contributed by atoms with Crippen LogP contribution in [0.25, 0.3) is 0 Å². The number of ketones is 1. The van der Waals surface area contributed by atoms with Gasteiger partial charge >= 0.3 is 6.09 Å². The number of alkyl carbamates (subject to hydrolysis) is 1. The quantitative estimate of drug-likeness (QED) is 0.640. The first-order chi connectivity index (χ1) is 8.79. The molecule has 0 aromatic rings. The number of alkyl halides is 1. The summed E-state index contributed by atoms with van der Waals surface area (Å²) in [7, 11) is 0. The van der Waals surface area contributed by atoms with Crippen LogP contribution in [0.3, 0.4) is 0 Å². The van der Waals surface area contributed by atoms with Gasteiger partial charge in [0, 0.05) is 0 Å². The maximum absolute atomic E-state index is 12.1. The molecule has 0 atom stereocenters. The summed E-state index contributed by atoms with van der Waals surface area (Å²) in [5.74, 6) is -0.183. The summed E-state index contributed by atoms with van der Waals surface area (Å²) in [6.07, 6.45) is 4.81. The lowest BCUT2D eigenvalue weighted by molar-refractivity contribution is -0.123. The lowest BCUT2D eigenvalue weighted by Crippen LogP contribution is -2.55. The molecular formula is C14H24ClNO3. The summed E-state index contributed by atoms with van der Waals surface area (Å²) < 4.78 is 5.26. The van der Waals surface area contributed by atoms with Crippen molar-refractivity contribution < 1.29 is 14.3 Å². The maximum Gasteiger partial charge on any atom is 0.408 e. The average Bonchev–Trinajstić information content (AvgIpc) is 2.52. The van der Waals surface area contributed by atoms with Crippen molar-refractivity contribution in [2.75, 3.05) is 5.88 Å². The van der Waals surface area contributed by atoms with E-state index in [0.717, 1.165) is 25.7 Å². The highest BCUT2D eigenvalue weighted by atomic mass is 35.5. The van der Waals surface area contributed by atoms with Gasteiger partial charge in [-0.3, -0.25) is 4.79 Å². The molecule has 0 aromatic heterocycles. The fraction of sp³-hybridized carbons (Fsp3) is 0.857. The number of Topliss-reactive ketones (excluding diaryl/α,β-unsaturated/α-hetero) is 1. The second-order valence-corrected chi connectivity index (χ2v) is 6.45. The third-order valence-corrected chi connectivity index (χ3v) is 3.60. The Morgan fingerprint density at radius 2 is 1.68 bits per heavy atom. The lowest BCUT2D eigenvalue weighted by Gasteiger charge is -2.32. The van der Waals surface area contributed by atoms with Crippen LogP contribution in [0.2, 0.25) is 0 Å². The third-order valence-electron chi connectivity index (χ3n) is 3.35. The van der Waals surface area contributed by atoms with Crippen molar-refractivity contribution >= 4 is 23.5 Å². The number of halogens is 1. The fourth-order valence-electron chi connectivity index (χ4n) is 2.43. The molecule has 0 aliphatic heterocycles. The van der Waals surface area contributed by atoms with Crippen molar-refractivity contribution in [3.05, 3.63) is 0 Å². The first-order valence-electron chi connectivity index (χ1n) is 6.89. The van der Waals surface area contributed by atoms with Crippen LogP contribution in [-0.4, -0.2) is 28.9 Å². The van der Waals surface area contributed by atoms with Gasteiger partial charge in [-0.1, -0.05) is 25.7 Å². The summed E-state index contributed by atoms with van der Waals surface area (Å²) in [6, 6.07) is 0. The SMILES string of the molecule is CC(C)(C)OC(=O)NC1(C(=O)CCl)CCCCCC1. The van der Waals surface area contributed by atoms with Crippen molar-refractivity contribution in [3.8, 4) is 0 Å². The van der Waals surface area contributed by atoms with Crippen molar-refractivity contribution in [1.82, 2.24) is 5.32 Å². The number of amides is 1. The minimum absolute atomic E-state index is 0.0736. The number of carbonyl (C=O) groups excluding carboxylic acids is 2. The molecule has 1 rings (SSSR count). The van der Waals surface area contributed by atoms with Gasteiger partial charge in [-0.25, -0.2) is 4.79 Å². The Kier molecular flexibility index (Phi) is 5.65. The number of carbonyl (C=O) groups is 2. The van der Waals surface area contributed by atoms with Gasteiger partial charge in [0.25, 0.3) is 0 Å². The summed E-state index contributed by atoms with van der Waals surface area (Å²) in [4.78, 5) is 24.1. The zero-order valence-corrected chi connectivity index (χ0v) is 12.8. The van der Waals surface area contributed by atoms with E-state index < -0.39 is 17.2 Å². The van der Waals surface area contributed by atoms with E-state index >= 15 is 0 Å².